The average molecular weight is 416 g/mol. The molecule has 1 atom stereocenters. The van der Waals surface area contributed by atoms with Crippen LogP contribution in [0.1, 0.15) is 24.3 Å². The molecule has 0 radical (unpaired) electrons. The standard InChI is InChI=1S/C19H17F5N2O3/c1-29-12-8-13(20)17(14(21)9-12)11-7-16(27)26(10-11)15-3-2-5-25(18(15)28)6-4-19(22,23)24/h2-3,5,8-9,11H,4,6-7,10H2,1H3. The number of amides is 1. The SMILES string of the molecule is COc1cc(F)c(C2CC(=O)N(c3cccn(CCC(F)(F)F)c3=O)C2)c(F)c1. The number of rotatable bonds is 5. The molecule has 2 heterocycles. The number of hydrogen-bond acceptors (Lipinski definition) is 3. The number of alkyl halides is 3. The number of anilines is 1. The highest BCUT2D eigenvalue weighted by Gasteiger charge is 2.36. The van der Waals surface area contributed by atoms with Gasteiger partial charge >= 0.3 is 6.18 Å². The number of ether oxygens (including phenoxy) is 1. The number of hydrogen-bond donors (Lipinski definition) is 0. The van der Waals surface area contributed by atoms with Crippen LogP contribution in [0.2, 0.25) is 0 Å². The predicted molar refractivity (Wildman–Crippen MR) is 94.0 cm³/mol. The topological polar surface area (TPSA) is 51.5 Å². The first-order valence-corrected chi connectivity index (χ1v) is 8.70. The summed E-state index contributed by atoms with van der Waals surface area (Å²) in [5.74, 6) is -3.17. The lowest BCUT2D eigenvalue weighted by atomic mass is 9.97. The highest BCUT2D eigenvalue weighted by atomic mass is 19.4. The average Bonchev–Trinajstić information content (AvgIpc) is 3.00. The third-order valence-electron chi connectivity index (χ3n) is 4.75. The van der Waals surface area contributed by atoms with Crippen LogP contribution in [0.15, 0.2) is 35.3 Å². The summed E-state index contributed by atoms with van der Waals surface area (Å²) >= 11 is 0. The number of carbonyl (C=O) groups excluding carboxylic acids is 1. The fourth-order valence-corrected chi connectivity index (χ4v) is 3.36. The van der Waals surface area contributed by atoms with E-state index in [4.69, 9.17) is 4.74 Å². The van der Waals surface area contributed by atoms with Crippen molar-refractivity contribution in [2.24, 2.45) is 0 Å². The van der Waals surface area contributed by atoms with Crippen molar-refractivity contribution in [1.29, 1.82) is 0 Å². The zero-order valence-electron chi connectivity index (χ0n) is 15.3. The molecular weight excluding hydrogens is 399 g/mol. The molecule has 1 fully saturated rings. The molecule has 0 N–H and O–H groups in total. The summed E-state index contributed by atoms with van der Waals surface area (Å²) in [6.45, 7) is -0.763. The Kier molecular flexibility index (Phi) is 5.63. The molecule has 1 unspecified atom stereocenters. The van der Waals surface area contributed by atoms with Gasteiger partial charge in [-0.3, -0.25) is 9.59 Å². The highest BCUT2D eigenvalue weighted by Crippen LogP contribution is 2.35. The van der Waals surface area contributed by atoms with Crippen molar-refractivity contribution in [3.8, 4) is 5.75 Å². The van der Waals surface area contributed by atoms with Gasteiger partial charge < -0.3 is 14.2 Å². The smallest absolute Gasteiger partial charge is 0.390 e. The van der Waals surface area contributed by atoms with Crippen LogP contribution in [0.4, 0.5) is 27.6 Å². The van der Waals surface area contributed by atoms with Gasteiger partial charge in [-0.15, -0.1) is 0 Å². The normalized spacial score (nSPS) is 17.1. The van der Waals surface area contributed by atoms with E-state index in [-0.39, 0.29) is 30.0 Å². The molecule has 5 nitrogen and oxygen atoms in total. The maximum atomic E-state index is 14.3. The van der Waals surface area contributed by atoms with Crippen molar-refractivity contribution in [1.82, 2.24) is 4.57 Å². The molecule has 1 aliphatic heterocycles. The van der Waals surface area contributed by atoms with Gasteiger partial charge in [-0.2, -0.15) is 13.2 Å². The molecule has 0 spiro atoms. The number of benzene rings is 1. The van der Waals surface area contributed by atoms with Crippen LogP contribution in [0, 0.1) is 11.6 Å². The van der Waals surface area contributed by atoms with E-state index in [1.807, 2.05) is 0 Å². The van der Waals surface area contributed by atoms with E-state index in [9.17, 15) is 31.5 Å². The van der Waals surface area contributed by atoms with E-state index in [1.54, 1.807) is 0 Å². The molecule has 0 aliphatic carbocycles. The van der Waals surface area contributed by atoms with E-state index in [1.165, 1.54) is 25.4 Å². The second-order valence-electron chi connectivity index (χ2n) is 6.67. The van der Waals surface area contributed by atoms with E-state index >= 15 is 0 Å². The molecule has 29 heavy (non-hydrogen) atoms. The fourth-order valence-electron chi connectivity index (χ4n) is 3.36. The summed E-state index contributed by atoms with van der Waals surface area (Å²) in [6, 6.07) is 4.64. The summed E-state index contributed by atoms with van der Waals surface area (Å²) in [5, 5.41) is 0. The number of aryl methyl sites for hydroxylation is 1. The van der Waals surface area contributed by atoms with E-state index in [2.05, 4.69) is 0 Å². The zero-order chi connectivity index (χ0) is 21.3. The van der Waals surface area contributed by atoms with Crippen molar-refractivity contribution in [2.75, 3.05) is 18.6 Å². The van der Waals surface area contributed by atoms with Gasteiger partial charge in [0.15, 0.2) is 0 Å². The molecule has 1 saturated heterocycles. The lowest BCUT2D eigenvalue weighted by Crippen LogP contribution is -2.33. The lowest BCUT2D eigenvalue weighted by Gasteiger charge is -2.18. The largest absolute Gasteiger partial charge is 0.497 e. The Labute approximate surface area is 162 Å². The van der Waals surface area contributed by atoms with Gasteiger partial charge in [0.1, 0.15) is 23.1 Å². The highest BCUT2D eigenvalue weighted by molar-refractivity contribution is 5.96. The minimum atomic E-state index is -4.44. The molecule has 3 rings (SSSR count). The van der Waals surface area contributed by atoms with Crippen molar-refractivity contribution in [3.05, 3.63) is 58.0 Å². The zero-order valence-corrected chi connectivity index (χ0v) is 15.3. The molecule has 1 aliphatic rings. The fraction of sp³-hybridized carbons (Fsp3) is 0.368. The second kappa shape index (κ2) is 7.84. The van der Waals surface area contributed by atoms with Crippen molar-refractivity contribution in [3.63, 3.8) is 0 Å². The molecule has 2 aromatic rings. The summed E-state index contributed by atoms with van der Waals surface area (Å²) in [4.78, 5) is 26.0. The quantitative estimate of drug-likeness (QED) is 0.700. The summed E-state index contributed by atoms with van der Waals surface area (Å²) in [5.41, 5.74) is -1.20. The maximum absolute atomic E-state index is 14.3. The monoisotopic (exact) mass is 416 g/mol. The number of methoxy groups -OCH3 is 1. The Morgan fingerprint density at radius 2 is 1.83 bits per heavy atom. The van der Waals surface area contributed by atoms with Crippen LogP contribution < -0.4 is 15.2 Å². The molecule has 10 heteroatoms. The summed E-state index contributed by atoms with van der Waals surface area (Å²) in [7, 11) is 1.26. The van der Waals surface area contributed by atoms with Crippen LogP contribution in [0.5, 0.6) is 5.75 Å². The van der Waals surface area contributed by atoms with Crippen molar-refractivity contribution < 1.29 is 31.5 Å². The van der Waals surface area contributed by atoms with Gasteiger partial charge in [0, 0.05) is 49.3 Å². The number of halogens is 5. The first-order valence-electron chi connectivity index (χ1n) is 8.70. The van der Waals surface area contributed by atoms with Gasteiger partial charge in [0.05, 0.1) is 13.5 Å². The molecule has 1 amide bonds. The Balaban J connectivity index is 1.88. The summed E-state index contributed by atoms with van der Waals surface area (Å²) in [6.07, 6.45) is -4.68. The van der Waals surface area contributed by atoms with Crippen LogP contribution in [0.3, 0.4) is 0 Å². The second-order valence-corrected chi connectivity index (χ2v) is 6.67. The van der Waals surface area contributed by atoms with Gasteiger partial charge in [0.2, 0.25) is 5.91 Å². The lowest BCUT2D eigenvalue weighted by molar-refractivity contribution is -0.136. The molecule has 1 aromatic carbocycles. The minimum Gasteiger partial charge on any atom is -0.497 e. The van der Waals surface area contributed by atoms with E-state index in [0.717, 1.165) is 21.6 Å². The van der Waals surface area contributed by atoms with Gasteiger partial charge in [-0.1, -0.05) is 0 Å². The van der Waals surface area contributed by atoms with E-state index < -0.39 is 48.2 Å². The molecular formula is C19H17F5N2O3. The molecule has 0 bridgehead atoms. The molecule has 1 aromatic heterocycles. The van der Waals surface area contributed by atoms with Crippen molar-refractivity contribution >= 4 is 11.6 Å². The number of aromatic nitrogens is 1. The predicted octanol–water partition coefficient (Wildman–Crippen LogP) is 3.61. The Bertz CT molecular complexity index is 964. The first kappa shape index (κ1) is 20.8. The van der Waals surface area contributed by atoms with Gasteiger partial charge in [-0.25, -0.2) is 8.78 Å². The number of nitrogens with zero attached hydrogens (tertiary/aromatic N) is 2. The van der Waals surface area contributed by atoms with Crippen LogP contribution >= 0.6 is 0 Å². The van der Waals surface area contributed by atoms with Crippen LogP contribution in [0.25, 0.3) is 0 Å². The number of pyridine rings is 1. The minimum absolute atomic E-state index is 0.0134. The number of carbonyl (C=O) groups is 1. The Hall–Kier alpha value is -2.91. The van der Waals surface area contributed by atoms with E-state index in [0.29, 0.717) is 0 Å². The Morgan fingerprint density at radius 3 is 2.41 bits per heavy atom. The third-order valence-corrected chi connectivity index (χ3v) is 4.75. The van der Waals surface area contributed by atoms with Gasteiger partial charge in [0.25, 0.3) is 5.56 Å². The Morgan fingerprint density at radius 1 is 1.17 bits per heavy atom. The van der Waals surface area contributed by atoms with Crippen LogP contribution in [-0.4, -0.2) is 30.3 Å². The van der Waals surface area contributed by atoms with Crippen LogP contribution in [-0.2, 0) is 11.3 Å². The maximum Gasteiger partial charge on any atom is 0.390 e. The summed E-state index contributed by atoms with van der Waals surface area (Å²) < 4.78 is 71.7. The van der Waals surface area contributed by atoms with Crippen molar-refractivity contribution in [2.45, 2.75) is 31.5 Å². The third kappa shape index (κ3) is 4.41. The first-order chi connectivity index (χ1) is 13.6. The molecule has 0 saturated carbocycles. The van der Waals surface area contributed by atoms with Gasteiger partial charge in [-0.05, 0) is 12.1 Å². The molecule has 156 valence electrons.